The van der Waals surface area contributed by atoms with Crippen LogP contribution in [-0.2, 0) is 32.0 Å². The van der Waals surface area contributed by atoms with E-state index in [9.17, 15) is 18.8 Å². The van der Waals surface area contributed by atoms with Crippen LogP contribution in [0.2, 0.25) is 5.02 Å². The molecule has 41 heavy (non-hydrogen) atoms. The minimum Gasteiger partial charge on any atom is -0.382 e. The van der Waals surface area contributed by atoms with Crippen LogP contribution in [0.15, 0.2) is 48.5 Å². The Morgan fingerprint density at radius 2 is 1.76 bits per heavy atom. The van der Waals surface area contributed by atoms with E-state index in [4.69, 9.17) is 16.3 Å². The first kappa shape index (κ1) is 30.9. The molecule has 3 N–H and O–H groups in total. The molecule has 0 aliphatic carbocycles. The lowest BCUT2D eigenvalue weighted by Crippen LogP contribution is -2.64. The lowest BCUT2D eigenvalue weighted by atomic mass is 9.99. The second-order valence-electron chi connectivity index (χ2n) is 10.6. The highest BCUT2D eigenvalue weighted by molar-refractivity contribution is 6.30. The van der Waals surface area contributed by atoms with Crippen molar-refractivity contribution in [1.82, 2.24) is 25.8 Å². The van der Waals surface area contributed by atoms with Gasteiger partial charge in [0, 0.05) is 45.2 Å². The van der Waals surface area contributed by atoms with E-state index in [-0.39, 0.29) is 48.7 Å². The van der Waals surface area contributed by atoms with Crippen LogP contribution in [-0.4, -0.2) is 98.6 Å². The van der Waals surface area contributed by atoms with Crippen LogP contribution >= 0.6 is 11.6 Å². The third kappa shape index (κ3) is 8.25. The fourth-order valence-electron chi connectivity index (χ4n) is 5.62. The van der Waals surface area contributed by atoms with Gasteiger partial charge in [0.1, 0.15) is 11.9 Å². The van der Waals surface area contributed by atoms with E-state index in [1.54, 1.807) is 43.3 Å². The van der Waals surface area contributed by atoms with Gasteiger partial charge in [0.2, 0.25) is 17.7 Å². The molecular formula is C30H39ClFN5O4. The molecule has 0 spiro atoms. The van der Waals surface area contributed by atoms with Gasteiger partial charge in [0.25, 0.3) is 0 Å². The van der Waals surface area contributed by atoms with Crippen molar-refractivity contribution in [3.63, 3.8) is 0 Å². The summed E-state index contributed by atoms with van der Waals surface area (Å²) in [4.78, 5) is 43.9. The lowest BCUT2D eigenvalue weighted by Gasteiger charge is -2.44. The van der Waals surface area contributed by atoms with Crippen molar-refractivity contribution in [2.24, 2.45) is 0 Å². The van der Waals surface area contributed by atoms with Crippen LogP contribution in [0.3, 0.4) is 0 Å². The Hall–Kier alpha value is -3.05. The van der Waals surface area contributed by atoms with Crippen LogP contribution in [0.4, 0.5) is 4.39 Å². The number of nitrogens with one attached hydrogen (secondary N) is 3. The molecule has 2 aliphatic rings. The number of likely N-dealkylation sites (N-methyl/N-ethyl adjacent to an activating group) is 1. The molecule has 4 unspecified atom stereocenters. The number of halogens is 2. The molecule has 9 nitrogen and oxygen atoms in total. The Bertz CT molecular complexity index is 1180. The number of ether oxygens (including phenoxy) is 1. The standard InChI is InChI=1S/C30H39ClFN5O4/c1-33-29(39)27(17-21-5-9-22(31)10-6-21)36-14-15-37(24(18-36)19-41-2)30(40)26(16-20-7-11-23(32)12-8-20)35-28(38)25-4-3-13-34-25/h5-12,24-27,34H,3-4,13-19H2,1-2H3,(H,33,39)(H,35,38). The summed E-state index contributed by atoms with van der Waals surface area (Å²) in [6, 6.07) is 11.4. The third-order valence-corrected chi connectivity index (χ3v) is 8.08. The fraction of sp³-hybridized carbons (Fsp3) is 0.500. The first-order valence-corrected chi connectivity index (χ1v) is 14.4. The Morgan fingerprint density at radius 3 is 2.39 bits per heavy atom. The zero-order valence-corrected chi connectivity index (χ0v) is 24.3. The molecule has 0 aromatic heterocycles. The monoisotopic (exact) mass is 587 g/mol. The summed E-state index contributed by atoms with van der Waals surface area (Å²) in [7, 11) is 3.20. The smallest absolute Gasteiger partial charge is 0.245 e. The van der Waals surface area contributed by atoms with Gasteiger partial charge in [-0.1, -0.05) is 35.9 Å². The molecule has 0 radical (unpaired) electrons. The van der Waals surface area contributed by atoms with Crippen molar-refractivity contribution >= 4 is 29.3 Å². The van der Waals surface area contributed by atoms with Gasteiger partial charge in [0.15, 0.2) is 0 Å². The average molecular weight is 588 g/mol. The van der Waals surface area contributed by atoms with Crippen LogP contribution in [0.5, 0.6) is 0 Å². The topological polar surface area (TPSA) is 103 Å². The molecule has 0 bridgehead atoms. The summed E-state index contributed by atoms with van der Waals surface area (Å²) in [5.41, 5.74) is 1.72. The lowest BCUT2D eigenvalue weighted by molar-refractivity contribution is -0.144. The minimum absolute atomic E-state index is 0.110. The molecular weight excluding hydrogens is 549 g/mol. The maximum atomic E-state index is 14.0. The highest BCUT2D eigenvalue weighted by Gasteiger charge is 2.39. The third-order valence-electron chi connectivity index (χ3n) is 7.83. The van der Waals surface area contributed by atoms with Gasteiger partial charge in [-0.05, 0) is 61.2 Å². The highest BCUT2D eigenvalue weighted by Crippen LogP contribution is 2.20. The number of hydrogen-bond acceptors (Lipinski definition) is 6. The molecule has 2 fully saturated rings. The highest BCUT2D eigenvalue weighted by atomic mass is 35.5. The molecule has 2 saturated heterocycles. The van der Waals surface area contributed by atoms with Crippen LogP contribution in [0.25, 0.3) is 0 Å². The van der Waals surface area contributed by atoms with Gasteiger partial charge in [-0.15, -0.1) is 0 Å². The quantitative estimate of drug-likeness (QED) is 0.370. The number of hydrogen-bond donors (Lipinski definition) is 3. The van der Waals surface area contributed by atoms with Crippen molar-refractivity contribution in [3.05, 3.63) is 70.5 Å². The molecule has 4 rings (SSSR count). The SMILES string of the molecule is CNC(=O)C(Cc1ccc(Cl)cc1)N1CCN(C(=O)C(Cc2ccc(F)cc2)NC(=O)C2CCCN2)C(COC)C1. The summed E-state index contributed by atoms with van der Waals surface area (Å²) in [5, 5.41) is 9.55. The molecule has 2 aliphatic heterocycles. The maximum Gasteiger partial charge on any atom is 0.245 e. The zero-order chi connectivity index (χ0) is 29.4. The van der Waals surface area contributed by atoms with Gasteiger partial charge >= 0.3 is 0 Å². The molecule has 222 valence electrons. The van der Waals surface area contributed by atoms with Gasteiger partial charge in [-0.3, -0.25) is 19.3 Å². The average Bonchev–Trinajstić information content (AvgIpc) is 3.52. The van der Waals surface area contributed by atoms with Gasteiger partial charge in [-0.2, -0.15) is 0 Å². The summed E-state index contributed by atoms with van der Waals surface area (Å²) in [6.07, 6.45) is 2.33. The van der Waals surface area contributed by atoms with E-state index < -0.39 is 12.1 Å². The van der Waals surface area contributed by atoms with Gasteiger partial charge in [-0.25, -0.2) is 4.39 Å². The first-order valence-electron chi connectivity index (χ1n) is 14.1. The Kier molecular flexibility index (Phi) is 11.1. The second-order valence-corrected chi connectivity index (χ2v) is 11.1. The number of benzene rings is 2. The first-order chi connectivity index (χ1) is 19.8. The van der Waals surface area contributed by atoms with E-state index in [0.29, 0.717) is 37.5 Å². The number of piperazine rings is 1. The predicted molar refractivity (Wildman–Crippen MR) is 155 cm³/mol. The number of rotatable bonds is 11. The number of nitrogens with zero attached hydrogens (tertiary/aromatic N) is 2. The minimum atomic E-state index is -0.829. The van der Waals surface area contributed by atoms with Crippen molar-refractivity contribution in [1.29, 1.82) is 0 Å². The summed E-state index contributed by atoms with van der Waals surface area (Å²) < 4.78 is 19.1. The zero-order valence-electron chi connectivity index (χ0n) is 23.6. The fourth-order valence-corrected chi connectivity index (χ4v) is 5.75. The van der Waals surface area contributed by atoms with Crippen LogP contribution in [0, 0.1) is 5.82 Å². The molecule has 2 heterocycles. The van der Waals surface area contributed by atoms with E-state index in [1.165, 1.54) is 12.1 Å². The summed E-state index contributed by atoms with van der Waals surface area (Å²) in [6.45, 7) is 2.28. The van der Waals surface area contributed by atoms with E-state index >= 15 is 0 Å². The number of methoxy groups -OCH3 is 1. The molecule has 11 heteroatoms. The van der Waals surface area contributed by atoms with Gasteiger partial charge < -0.3 is 25.6 Å². The Labute approximate surface area is 245 Å². The van der Waals surface area contributed by atoms with Crippen LogP contribution < -0.4 is 16.0 Å². The van der Waals surface area contributed by atoms with E-state index in [0.717, 1.165) is 24.1 Å². The van der Waals surface area contributed by atoms with Crippen molar-refractivity contribution in [2.75, 3.05) is 46.9 Å². The summed E-state index contributed by atoms with van der Waals surface area (Å²) in [5.74, 6) is -0.915. The number of amides is 3. The molecule has 2 aromatic rings. The van der Waals surface area contributed by atoms with Crippen molar-refractivity contribution in [3.8, 4) is 0 Å². The molecule has 3 amide bonds. The largest absolute Gasteiger partial charge is 0.382 e. The Balaban J connectivity index is 1.52. The van der Waals surface area contributed by atoms with Crippen molar-refractivity contribution < 1.29 is 23.5 Å². The van der Waals surface area contributed by atoms with Crippen molar-refractivity contribution in [2.45, 2.75) is 49.9 Å². The number of carbonyl (C=O) groups excluding carboxylic acids is 3. The maximum absolute atomic E-state index is 14.0. The van der Waals surface area contributed by atoms with Crippen LogP contribution in [0.1, 0.15) is 24.0 Å². The predicted octanol–water partition coefficient (Wildman–Crippen LogP) is 1.77. The molecule has 2 aromatic carbocycles. The normalized spacial score (nSPS) is 20.8. The molecule has 4 atom stereocenters. The Morgan fingerprint density at radius 1 is 1.07 bits per heavy atom. The number of carbonyl (C=O) groups is 3. The van der Waals surface area contributed by atoms with E-state index in [2.05, 4.69) is 20.9 Å². The van der Waals surface area contributed by atoms with Gasteiger partial charge in [0.05, 0.1) is 24.7 Å². The second kappa shape index (κ2) is 14.7. The summed E-state index contributed by atoms with van der Waals surface area (Å²) >= 11 is 6.05. The van der Waals surface area contributed by atoms with E-state index in [1.807, 2.05) is 12.1 Å². The molecule has 0 saturated carbocycles.